The third kappa shape index (κ3) is 4.51. The summed E-state index contributed by atoms with van der Waals surface area (Å²) in [7, 11) is 0. The largest absolute Gasteiger partial charge is 0.477 e. The zero-order chi connectivity index (χ0) is 16.8. The van der Waals surface area contributed by atoms with Gasteiger partial charge in [-0.2, -0.15) is 0 Å². The second kappa shape index (κ2) is 8.06. The highest BCUT2D eigenvalue weighted by atomic mass is 16.5. The van der Waals surface area contributed by atoms with Gasteiger partial charge in [0.05, 0.1) is 6.10 Å². The summed E-state index contributed by atoms with van der Waals surface area (Å²) in [4.78, 5) is 27.1. The van der Waals surface area contributed by atoms with Crippen molar-refractivity contribution >= 4 is 11.9 Å². The van der Waals surface area contributed by atoms with E-state index < -0.39 is 5.97 Å². The van der Waals surface area contributed by atoms with E-state index in [0.717, 1.165) is 25.7 Å². The van der Waals surface area contributed by atoms with Crippen LogP contribution in [0.25, 0.3) is 0 Å². The predicted molar refractivity (Wildman–Crippen MR) is 85.5 cm³/mol. The molecule has 2 atom stereocenters. The normalized spacial score (nSPS) is 21.2. The molecular formula is C17H24N2O4. The van der Waals surface area contributed by atoms with Crippen LogP contribution >= 0.6 is 0 Å². The van der Waals surface area contributed by atoms with Crippen molar-refractivity contribution < 1.29 is 19.4 Å². The number of aromatic nitrogens is 1. The number of nitrogens with zero attached hydrogens (tertiary/aromatic N) is 1. The fraction of sp³-hybridized carbons (Fsp3) is 0.588. The Morgan fingerprint density at radius 2 is 2.04 bits per heavy atom. The average Bonchev–Trinajstić information content (AvgIpc) is 2.56. The van der Waals surface area contributed by atoms with Gasteiger partial charge < -0.3 is 15.2 Å². The lowest BCUT2D eigenvalue weighted by atomic mass is 9.89. The number of hydrogen-bond donors (Lipinski definition) is 2. The van der Waals surface area contributed by atoms with Gasteiger partial charge in [-0.15, -0.1) is 0 Å². The molecule has 0 saturated carbocycles. The van der Waals surface area contributed by atoms with Crippen molar-refractivity contribution in [3.05, 3.63) is 29.6 Å². The molecule has 0 aliphatic carbocycles. The molecule has 0 spiro atoms. The van der Waals surface area contributed by atoms with Gasteiger partial charge in [-0.3, -0.25) is 4.79 Å². The molecule has 0 radical (unpaired) electrons. The Balaban J connectivity index is 1.99. The molecule has 23 heavy (non-hydrogen) atoms. The fourth-order valence-electron chi connectivity index (χ4n) is 3.04. The highest BCUT2D eigenvalue weighted by molar-refractivity contribution is 5.94. The minimum absolute atomic E-state index is 0.0390. The topological polar surface area (TPSA) is 88.5 Å². The summed E-state index contributed by atoms with van der Waals surface area (Å²) < 4.78 is 5.85. The molecule has 6 nitrogen and oxygen atoms in total. The van der Waals surface area contributed by atoms with Crippen molar-refractivity contribution in [3.8, 4) is 0 Å². The van der Waals surface area contributed by atoms with Crippen molar-refractivity contribution in [1.29, 1.82) is 0 Å². The number of nitrogens with one attached hydrogen (secondary N) is 1. The molecule has 1 fully saturated rings. The Morgan fingerprint density at radius 3 is 2.70 bits per heavy atom. The maximum atomic E-state index is 12.3. The molecule has 1 saturated heterocycles. The number of ether oxygens (including phenoxy) is 1. The maximum Gasteiger partial charge on any atom is 0.354 e. The first kappa shape index (κ1) is 17.4. The Labute approximate surface area is 136 Å². The summed E-state index contributed by atoms with van der Waals surface area (Å²) >= 11 is 0. The Morgan fingerprint density at radius 1 is 1.35 bits per heavy atom. The zero-order valence-corrected chi connectivity index (χ0v) is 13.6. The van der Waals surface area contributed by atoms with Gasteiger partial charge in [0.25, 0.3) is 5.91 Å². The molecule has 1 aromatic rings. The average molecular weight is 320 g/mol. The Bertz CT molecular complexity index is 557. The molecule has 6 heteroatoms. The molecule has 1 amide bonds. The smallest absolute Gasteiger partial charge is 0.354 e. The van der Waals surface area contributed by atoms with Gasteiger partial charge in [-0.1, -0.05) is 32.8 Å². The van der Waals surface area contributed by atoms with Crippen molar-refractivity contribution in [1.82, 2.24) is 10.3 Å². The van der Waals surface area contributed by atoms with Crippen LogP contribution in [0.2, 0.25) is 0 Å². The fourth-order valence-corrected chi connectivity index (χ4v) is 3.04. The van der Waals surface area contributed by atoms with Gasteiger partial charge in [0.2, 0.25) is 0 Å². The molecule has 126 valence electrons. The van der Waals surface area contributed by atoms with Crippen LogP contribution in [-0.4, -0.2) is 40.7 Å². The van der Waals surface area contributed by atoms with Gasteiger partial charge in [0, 0.05) is 12.6 Å². The summed E-state index contributed by atoms with van der Waals surface area (Å²) in [6, 6.07) is 4.47. The van der Waals surface area contributed by atoms with E-state index in [1.165, 1.54) is 18.2 Å². The first-order valence-electron chi connectivity index (χ1n) is 8.17. The molecule has 2 unspecified atom stereocenters. The molecule has 0 aromatic carbocycles. The predicted octanol–water partition coefficient (Wildman–Crippen LogP) is 2.49. The van der Waals surface area contributed by atoms with E-state index in [1.54, 1.807) is 0 Å². The summed E-state index contributed by atoms with van der Waals surface area (Å²) in [5.74, 6) is -0.967. The summed E-state index contributed by atoms with van der Waals surface area (Å²) in [6.45, 7) is 4.94. The van der Waals surface area contributed by atoms with Crippen molar-refractivity contribution in [2.75, 3.05) is 6.61 Å². The highest BCUT2D eigenvalue weighted by Crippen LogP contribution is 2.25. The van der Waals surface area contributed by atoms with Gasteiger partial charge in [0.1, 0.15) is 11.4 Å². The number of carboxylic acids is 1. The molecule has 1 aromatic heterocycles. The van der Waals surface area contributed by atoms with E-state index in [-0.39, 0.29) is 29.4 Å². The number of aromatic carboxylic acids is 1. The molecule has 2 rings (SSSR count). The van der Waals surface area contributed by atoms with Crippen LogP contribution in [0.15, 0.2) is 18.2 Å². The van der Waals surface area contributed by atoms with Crippen molar-refractivity contribution in [3.63, 3.8) is 0 Å². The number of hydrogen-bond acceptors (Lipinski definition) is 4. The van der Waals surface area contributed by atoms with E-state index in [1.807, 2.05) is 0 Å². The number of carboxylic acid groups (broad SMARTS) is 1. The molecule has 2 N–H and O–H groups in total. The monoisotopic (exact) mass is 320 g/mol. The first-order chi connectivity index (χ1) is 11.0. The zero-order valence-electron chi connectivity index (χ0n) is 13.6. The first-order valence-corrected chi connectivity index (χ1v) is 8.17. The summed E-state index contributed by atoms with van der Waals surface area (Å²) in [5, 5.41) is 11.9. The van der Waals surface area contributed by atoms with Crippen LogP contribution in [0.5, 0.6) is 0 Å². The van der Waals surface area contributed by atoms with E-state index >= 15 is 0 Å². The third-order valence-corrected chi connectivity index (χ3v) is 4.43. The minimum Gasteiger partial charge on any atom is -0.477 e. The molecular weight excluding hydrogens is 296 g/mol. The molecule has 1 aliphatic heterocycles. The second-order valence-corrected chi connectivity index (χ2v) is 5.89. The van der Waals surface area contributed by atoms with Crippen LogP contribution in [0, 0.1) is 5.92 Å². The van der Waals surface area contributed by atoms with Gasteiger partial charge >= 0.3 is 5.97 Å². The van der Waals surface area contributed by atoms with E-state index in [9.17, 15) is 9.59 Å². The van der Waals surface area contributed by atoms with Gasteiger partial charge in [-0.05, 0) is 30.9 Å². The number of amides is 1. The minimum atomic E-state index is -1.14. The Kier molecular flexibility index (Phi) is 6.10. The number of pyridine rings is 1. The lowest BCUT2D eigenvalue weighted by molar-refractivity contribution is -0.0337. The van der Waals surface area contributed by atoms with Gasteiger partial charge in [0.15, 0.2) is 0 Å². The SMILES string of the molecule is CCC(CC)C1CC(NC(=O)c2cccc(C(=O)O)n2)CCO1. The maximum absolute atomic E-state index is 12.3. The summed E-state index contributed by atoms with van der Waals surface area (Å²) in [6.07, 6.45) is 3.84. The van der Waals surface area contributed by atoms with Gasteiger partial charge in [-0.25, -0.2) is 9.78 Å². The van der Waals surface area contributed by atoms with Crippen LogP contribution in [0.3, 0.4) is 0 Å². The van der Waals surface area contributed by atoms with E-state index in [2.05, 4.69) is 24.1 Å². The van der Waals surface area contributed by atoms with E-state index in [0.29, 0.717) is 12.5 Å². The van der Waals surface area contributed by atoms with Crippen LogP contribution < -0.4 is 5.32 Å². The van der Waals surface area contributed by atoms with E-state index in [4.69, 9.17) is 9.84 Å². The molecule has 2 heterocycles. The quantitative estimate of drug-likeness (QED) is 0.840. The summed E-state index contributed by atoms with van der Waals surface area (Å²) in [5.41, 5.74) is 0.00927. The molecule has 0 bridgehead atoms. The Hall–Kier alpha value is -1.95. The lowest BCUT2D eigenvalue weighted by Crippen LogP contribution is -2.44. The van der Waals surface area contributed by atoms with Crippen LogP contribution in [-0.2, 0) is 4.74 Å². The van der Waals surface area contributed by atoms with Crippen LogP contribution in [0.1, 0.15) is 60.5 Å². The second-order valence-electron chi connectivity index (χ2n) is 5.89. The number of carbonyl (C=O) groups is 2. The standard InChI is InChI=1S/C17H24N2O4/c1-3-11(4-2)15-10-12(8-9-23-15)18-16(20)13-6-5-7-14(19-13)17(21)22/h5-7,11-12,15H,3-4,8-10H2,1-2H3,(H,18,20)(H,21,22). The highest BCUT2D eigenvalue weighted by Gasteiger charge is 2.28. The number of carbonyl (C=O) groups excluding carboxylic acids is 1. The third-order valence-electron chi connectivity index (χ3n) is 4.43. The van der Waals surface area contributed by atoms with Crippen molar-refractivity contribution in [2.45, 2.75) is 51.7 Å². The number of rotatable bonds is 6. The van der Waals surface area contributed by atoms with Crippen molar-refractivity contribution in [2.24, 2.45) is 5.92 Å². The lowest BCUT2D eigenvalue weighted by Gasteiger charge is -2.34. The molecule has 1 aliphatic rings. The van der Waals surface area contributed by atoms with Crippen LogP contribution in [0.4, 0.5) is 0 Å².